The van der Waals surface area contributed by atoms with E-state index in [9.17, 15) is 13.2 Å². The average molecular weight is 414 g/mol. The molecule has 1 amide bonds. The SMILES string of the molecule is CN1CCC(NS(=O)(=O)c2ccc3c(c2)[C@H](NC(=O)c2ccccc2)CC3)CC1. The molecule has 2 aliphatic rings. The fourth-order valence-corrected chi connectivity index (χ4v) is 5.48. The third kappa shape index (κ3) is 4.52. The molecule has 2 aromatic rings. The number of aryl methyl sites for hydroxylation is 1. The first-order valence-corrected chi connectivity index (χ1v) is 11.6. The fourth-order valence-electron chi connectivity index (χ4n) is 4.14. The van der Waals surface area contributed by atoms with Gasteiger partial charge in [0.2, 0.25) is 10.0 Å². The quantitative estimate of drug-likeness (QED) is 0.789. The Kier molecular flexibility index (Phi) is 5.72. The minimum Gasteiger partial charge on any atom is -0.345 e. The van der Waals surface area contributed by atoms with Crippen LogP contribution in [-0.4, -0.2) is 45.4 Å². The third-order valence-electron chi connectivity index (χ3n) is 5.89. The van der Waals surface area contributed by atoms with Gasteiger partial charge in [0, 0.05) is 11.6 Å². The molecule has 1 atom stereocenters. The summed E-state index contributed by atoms with van der Waals surface area (Å²) in [5.41, 5.74) is 2.61. The van der Waals surface area contributed by atoms with Crippen molar-refractivity contribution < 1.29 is 13.2 Å². The number of nitrogens with zero attached hydrogens (tertiary/aromatic N) is 1. The summed E-state index contributed by atoms with van der Waals surface area (Å²) in [6, 6.07) is 14.2. The highest BCUT2D eigenvalue weighted by Gasteiger charge is 2.28. The van der Waals surface area contributed by atoms with Crippen LogP contribution in [0.1, 0.15) is 46.8 Å². The van der Waals surface area contributed by atoms with E-state index in [1.165, 1.54) is 0 Å². The summed E-state index contributed by atoms with van der Waals surface area (Å²) >= 11 is 0. The molecule has 2 N–H and O–H groups in total. The summed E-state index contributed by atoms with van der Waals surface area (Å²) in [6.45, 7) is 1.79. The Morgan fingerprint density at radius 1 is 1.03 bits per heavy atom. The second-order valence-electron chi connectivity index (χ2n) is 7.99. The second-order valence-corrected chi connectivity index (χ2v) is 9.70. The fraction of sp³-hybridized carbons (Fsp3) is 0.409. The van der Waals surface area contributed by atoms with Gasteiger partial charge in [-0.15, -0.1) is 0 Å². The van der Waals surface area contributed by atoms with Gasteiger partial charge in [0.1, 0.15) is 0 Å². The van der Waals surface area contributed by atoms with Crippen molar-refractivity contribution in [3.05, 3.63) is 65.2 Å². The Labute approximate surface area is 172 Å². The maximum absolute atomic E-state index is 12.9. The van der Waals surface area contributed by atoms with Crippen LogP contribution < -0.4 is 10.0 Å². The average Bonchev–Trinajstić information content (AvgIpc) is 3.12. The molecule has 29 heavy (non-hydrogen) atoms. The predicted octanol–water partition coefficient (Wildman–Crippen LogP) is 2.48. The van der Waals surface area contributed by atoms with E-state index >= 15 is 0 Å². The molecule has 1 aliphatic carbocycles. The molecular formula is C22H27N3O3S. The van der Waals surface area contributed by atoms with E-state index in [-0.39, 0.29) is 22.9 Å². The first-order chi connectivity index (χ1) is 13.9. The molecule has 0 bridgehead atoms. The normalized spacial score (nSPS) is 20.4. The molecular weight excluding hydrogens is 386 g/mol. The minimum atomic E-state index is -3.58. The first kappa shape index (κ1) is 20.1. The molecule has 154 valence electrons. The van der Waals surface area contributed by atoms with Gasteiger partial charge in [-0.1, -0.05) is 24.3 Å². The Morgan fingerprint density at radius 2 is 1.76 bits per heavy atom. The molecule has 4 rings (SSSR count). The van der Waals surface area contributed by atoms with Crippen LogP contribution in [0.2, 0.25) is 0 Å². The molecule has 2 aromatic carbocycles. The molecule has 0 radical (unpaired) electrons. The number of nitrogens with one attached hydrogen (secondary N) is 2. The van der Waals surface area contributed by atoms with Crippen LogP contribution >= 0.6 is 0 Å². The topological polar surface area (TPSA) is 78.5 Å². The number of fused-ring (bicyclic) bond motifs is 1. The molecule has 7 heteroatoms. The van der Waals surface area contributed by atoms with Crippen molar-refractivity contribution in [2.24, 2.45) is 0 Å². The van der Waals surface area contributed by atoms with E-state index in [2.05, 4.69) is 22.0 Å². The van der Waals surface area contributed by atoms with Crippen LogP contribution in [-0.2, 0) is 16.4 Å². The van der Waals surface area contributed by atoms with Crippen molar-refractivity contribution in [2.75, 3.05) is 20.1 Å². The molecule has 1 heterocycles. The zero-order valence-corrected chi connectivity index (χ0v) is 17.4. The van der Waals surface area contributed by atoms with Gasteiger partial charge in [0.05, 0.1) is 10.9 Å². The van der Waals surface area contributed by atoms with Gasteiger partial charge < -0.3 is 10.2 Å². The van der Waals surface area contributed by atoms with Gasteiger partial charge in [-0.3, -0.25) is 4.79 Å². The summed E-state index contributed by atoms with van der Waals surface area (Å²) < 4.78 is 28.7. The third-order valence-corrected chi connectivity index (χ3v) is 7.41. The summed E-state index contributed by atoms with van der Waals surface area (Å²) in [5.74, 6) is -0.138. The Balaban J connectivity index is 1.50. The van der Waals surface area contributed by atoms with E-state index in [0.29, 0.717) is 5.56 Å². The molecule has 6 nitrogen and oxygen atoms in total. The summed E-state index contributed by atoms with van der Waals surface area (Å²) in [7, 11) is -1.53. The van der Waals surface area contributed by atoms with Gasteiger partial charge >= 0.3 is 0 Å². The molecule has 1 fully saturated rings. The van der Waals surface area contributed by atoms with Gasteiger partial charge in [-0.05, 0) is 81.2 Å². The lowest BCUT2D eigenvalue weighted by Gasteiger charge is -2.29. The van der Waals surface area contributed by atoms with Crippen LogP contribution in [0.3, 0.4) is 0 Å². The molecule has 0 saturated carbocycles. The van der Waals surface area contributed by atoms with Gasteiger partial charge in [-0.25, -0.2) is 13.1 Å². The standard InChI is InChI=1S/C22H27N3O3S/c1-25-13-11-18(12-14-25)24-29(27,28)19-9-7-16-8-10-21(20(16)15-19)23-22(26)17-5-3-2-4-6-17/h2-7,9,15,18,21,24H,8,10-14H2,1H3,(H,23,26)/t21-/m1/s1. The maximum Gasteiger partial charge on any atom is 0.251 e. The lowest BCUT2D eigenvalue weighted by atomic mass is 10.1. The molecule has 0 spiro atoms. The van der Waals surface area contributed by atoms with Crippen molar-refractivity contribution in [2.45, 2.75) is 42.7 Å². The number of benzene rings is 2. The van der Waals surface area contributed by atoms with Gasteiger partial charge in [-0.2, -0.15) is 0 Å². The monoisotopic (exact) mass is 413 g/mol. The Bertz CT molecular complexity index is 984. The van der Waals surface area contributed by atoms with Crippen LogP contribution in [0, 0.1) is 0 Å². The predicted molar refractivity (Wildman–Crippen MR) is 112 cm³/mol. The van der Waals surface area contributed by atoms with Crippen molar-refractivity contribution >= 4 is 15.9 Å². The lowest BCUT2D eigenvalue weighted by Crippen LogP contribution is -2.43. The summed E-state index contributed by atoms with van der Waals surface area (Å²) in [4.78, 5) is 15.0. The maximum atomic E-state index is 12.9. The Morgan fingerprint density at radius 3 is 2.48 bits per heavy atom. The van der Waals surface area contributed by atoms with Crippen LogP contribution in [0.25, 0.3) is 0 Å². The number of amides is 1. The second kappa shape index (κ2) is 8.26. The smallest absolute Gasteiger partial charge is 0.251 e. The number of carbonyl (C=O) groups is 1. The highest BCUT2D eigenvalue weighted by Crippen LogP contribution is 2.33. The van der Waals surface area contributed by atoms with E-state index in [4.69, 9.17) is 0 Å². The van der Waals surface area contributed by atoms with Crippen molar-refractivity contribution in [1.82, 2.24) is 14.9 Å². The van der Waals surface area contributed by atoms with Crippen LogP contribution in [0.4, 0.5) is 0 Å². The van der Waals surface area contributed by atoms with E-state index in [1.807, 2.05) is 24.3 Å². The zero-order valence-electron chi connectivity index (χ0n) is 16.6. The summed E-state index contributed by atoms with van der Waals surface area (Å²) in [5, 5.41) is 3.06. The first-order valence-electron chi connectivity index (χ1n) is 10.1. The zero-order chi connectivity index (χ0) is 20.4. The molecule has 0 aromatic heterocycles. The number of likely N-dealkylation sites (tertiary alicyclic amines) is 1. The highest BCUT2D eigenvalue weighted by molar-refractivity contribution is 7.89. The summed E-state index contributed by atoms with van der Waals surface area (Å²) in [6.07, 6.45) is 3.24. The minimum absolute atomic E-state index is 0.0296. The number of hydrogen-bond acceptors (Lipinski definition) is 4. The number of hydrogen-bond donors (Lipinski definition) is 2. The largest absolute Gasteiger partial charge is 0.345 e. The van der Waals surface area contributed by atoms with Crippen LogP contribution in [0.15, 0.2) is 53.4 Å². The molecule has 0 unspecified atom stereocenters. The van der Waals surface area contributed by atoms with E-state index in [1.54, 1.807) is 24.3 Å². The van der Waals surface area contributed by atoms with Crippen molar-refractivity contribution in [3.8, 4) is 0 Å². The van der Waals surface area contributed by atoms with Gasteiger partial charge in [0.25, 0.3) is 5.91 Å². The number of sulfonamides is 1. The molecule has 1 aliphatic heterocycles. The molecule has 1 saturated heterocycles. The van der Waals surface area contributed by atoms with Crippen LogP contribution in [0.5, 0.6) is 0 Å². The number of piperidine rings is 1. The Hall–Kier alpha value is -2.22. The van der Waals surface area contributed by atoms with Crippen molar-refractivity contribution in [1.29, 1.82) is 0 Å². The van der Waals surface area contributed by atoms with Gasteiger partial charge in [0.15, 0.2) is 0 Å². The van der Waals surface area contributed by atoms with E-state index in [0.717, 1.165) is 49.9 Å². The highest BCUT2D eigenvalue weighted by atomic mass is 32.2. The van der Waals surface area contributed by atoms with Crippen molar-refractivity contribution in [3.63, 3.8) is 0 Å². The number of carbonyl (C=O) groups excluding carboxylic acids is 1. The number of rotatable bonds is 5. The van der Waals surface area contributed by atoms with E-state index < -0.39 is 10.0 Å². The lowest BCUT2D eigenvalue weighted by molar-refractivity contribution is 0.0936.